The smallest absolute Gasteiger partial charge is 0.255 e. The first-order valence-electron chi connectivity index (χ1n) is 8.63. The number of imidazole rings is 1. The van der Waals surface area contributed by atoms with Crippen molar-refractivity contribution in [3.05, 3.63) is 65.5 Å². The third-order valence-corrected chi connectivity index (χ3v) is 4.66. The molecule has 27 heavy (non-hydrogen) atoms. The molecule has 4 aromatic rings. The van der Waals surface area contributed by atoms with Gasteiger partial charge in [0.15, 0.2) is 5.82 Å². The molecule has 0 aliphatic heterocycles. The van der Waals surface area contributed by atoms with Gasteiger partial charge in [0.25, 0.3) is 5.91 Å². The average molecular weight is 366 g/mol. The summed E-state index contributed by atoms with van der Waals surface area (Å²) in [6.07, 6.45) is 3.81. The molecular weight excluding hydrogens is 347 g/mol. The van der Waals surface area contributed by atoms with E-state index in [9.17, 15) is 9.18 Å². The van der Waals surface area contributed by atoms with Gasteiger partial charge in [-0.3, -0.25) is 4.79 Å². The molecule has 3 heterocycles. The summed E-state index contributed by atoms with van der Waals surface area (Å²) >= 11 is 0. The predicted molar refractivity (Wildman–Crippen MR) is 99.8 cm³/mol. The number of fused-ring (bicyclic) bond motifs is 2. The number of rotatable bonds is 5. The number of carbonyl (C=O) groups excluding carboxylic acids is 1. The van der Waals surface area contributed by atoms with E-state index in [2.05, 4.69) is 15.4 Å². The first kappa shape index (κ1) is 17.2. The third kappa shape index (κ3) is 3.04. The van der Waals surface area contributed by atoms with Crippen LogP contribution in [0.25, 0.3) is 16.6 Å². The van der Waals surface area contributed by atoms with Crippen LogP contribution in [0.3, 0.4) is 0 Å². The van der Waals surface area contributed by atoms with Crippen molar-refractivity contribution in [1.29, 1.82) is 0 Å². The van der Waals surface area contributed by atoms with Crippen molar-refractivity contribution in [1.82, 2.24) is 24.5 Å². The van der Waals surface area contributed by atoms with Gasteiger partial charge in [0.05, 0.1) is 22.8 Å². The van der Waals surface area contributed by atoms with E-state index in [0.29, 0.717) is 41.9 Å². The van der Waals surface area contributed by atoms with Crippen molar-refractivity contribution in [2.24, 2.45) is 12.8 Å². The summed E-state index contributed by atoms with van der Waals surface area (Å²) in [6, 6.07) is 8.59. The molecule has 0 spiro atoms. The minimum atomic E-state index is -0.347. The van der Waals surface area contributed by atoms with Gasteiger partial charge < -0.3 is 15.6 Å². The quantitative estimate of drug-likeness (QED) is 0.563. The highest BCUT2D eigenvalue weighted by Crippen LogP contribution is 2.18. The topological polar surface area (TPSA) is 90.2 Å². The van der Waals surface area contributed by atoms with Gasteiger partial charge in [-0.15, -0.1) is 0 Å². The lowest BCUT2D eigenvalue weighted by molar-refractivity contribution is 0.0955. The van der Waals surface area contributed by atoms with E-state index in [-0.39, 0.29) is 11.7 Å². The summed E-state index contributed by atoms with van der Waals surface area (Å²) in [6.45, 7) is 0.775. The lowest BCUT2D eigenvalue weighted by Gasteiger charge is -2.05. The van der Waals surface area contributed by atoms with Gasteiger partial charge in [-0.1, -0.05) is 6.07 Å². The predicted octanol–water partition coefficient (Wildman–Crippen LogP) is 1.79. The summed E-state index contributed by atoms with van der Waals surface area (Å²) in [4.78, 5) is 16.9. The van der Waals surface area contributed by atoms with Crippen LogP contribution < -0.4 is 11.1 Å². The number of aromatic nitrogens is 4. The first-order chi connectivity index (χ1) is 13.1. The highest BCUT2D eigenvalue weighted by molar-refractivity contribution is 6.00. The van der Waals surface area contributed by atoms with E-state index in [1.54, 1.807) is 16.8 Å². The lowest BCUT2D eigenvalue weighted by atomic mass is 10.2. The van der Waals surface area contributed by atoms with Crippen LogP contribution in [0.1, 0.15) is 21.7 Å². The second kappa shape index (κ2) is 6.81. The van der Waals surface area contributed by atoms with Gasteiger partial charge in [-0.05, 0) is 29.8 Å². The van der Waals surface area contributed by atoms with Gasteiger partial charge in [-0.25, -0.2) is 13.9 Å². The summed E-state index contributed by atoms with van der Waals surface area (Å²) in [5.74, 6) is 0.144. The molecule has 0 saturated carbocycles. The Kier molecular flexibility index (Phi) is 4.33. The Labute approximate surface area is 154 Å². The van der Waals surface area contributed by atoms with Crippen molar-refractivity contribution in [3.63, 3.8) is 0 Å². The molecule has 1 aromatic carbocycles. The fourth-order valence-corrected chi connectivity index (χ4v) is 3.16. The number of halogens is 1. The maximum absolute atomic E-state index is 13.9. The van der Waals surface area contributed by atoms with Crippen molar-refractivity contribution in [2.45, 2.75) is 13.0 Å². The fraction of sp³-hybridized carbons (Fsp3) is 0.211. The normalized spacial score (nSPS) is 11.4. The maximum atomic E-state index is 13.9. The van der Waals surface area contributed by atoms with Gasteiger partial charge >= 0.3 is 0 Å². The molecule has 0 aliphatic rings. The number of amides is 1. The molecular formula is C19H19FN6O. The van der Waals surface area contributed by atoms with Gasteiger partial charge in [-0.2, -0.15) is 5.10 Å². The average Bonchev–Trinajstić information content (AvgIpc) is 3.24. The third-order valence-electron chi connectivity index (χ3n) is 4.66. The number of para-hydroxylation sites is 1. The second-order valence-corrected chi connectivity index (χ2v) is 6.33. The zero-order valence-corrected chi connectivity index (χ0v) is 14.8. The summed E-state index contributed by atoms with van der Waals surface area (Å²) in [5.41, 5.74) is 8.87. The standard InChI is InChI=1S/C19H19FN6O/c1-25-15-4-2-3-14(20)18(15)24-17(25)5-7-22-19(27)13-11-23-26-8-6-12(10-21)9-16(13)26/h2-4,6,8-9,11H,5,7,10,21H2,1H3,(H,22,27). The van der Waals surface area contributed by atoms with Crippen LogP contribution in [0.15, 0.2) is 42.7 Å². The second-order valence-electron chi connectivity index (χ2n) is 6.33. The van der Waals surface area contributed by atoms with Crippen molar-refractivity contribution in [2.75, 3.05) is 6.54 Å². The molecule has 0 bridgehead atoms. The molecule has 0 aliphatic carbocycles. The van der Waals surface area contributed by atoms with Crippen LogP contribution in [0.2, 0.25) is 0 Å². The number of hydrogen-bond donors (Lipinski definition) is 2. The number of benzene rings is 1. The Bertz CT molecular complexity index is 1150. The highest BCUT2D eigenvalue weighted by atomic mass is 19.1. The van der Waals surface area contributed by atoms with E-state index in [1.807, 2.05) is 29.8 Å². The lowest BCUT2D eigenvalue weighted by Crippen LogP contribution is -2.26. The molecule has 0 saturated heterocycles. The Morgan fingerprint density at radius 2 is 2.15 bits per heavy atom. The number of nitrogens with one attached hydrogen (secondary N) is 1. The molecule has 0 radical (unpaired) electrons. The molecule has 8 heteroatoms. The number of nitrogens with two attached hydrogens (primary N) is 1. The molecule has 0 atom stereocenters. The van der Waals surface area contributed by atoms with E-state index >= 15 is 0 Å². The molecule has 1 amide bonds. The fourth-order valence-electron chi connectivity index (χ4n) is 3.16. The Balaban J connectivity index is 1.49. The molecule has 4 rings (SSSR count). The molecule has 7 nitrogen and oxygen atoms in total. The zero-order chi connectivity index (χ0) is 19.0. The first-order valence-corrected chi connectivity index (χ1v) is 8.63. The van der Waals surface area contributed by atoms with E-state index in [1.165, 1.54) is 12.3 Å². The van der Waals surface area contributed by atoms with Crippen molar-refractivity contribution < 1.29 is 9.18 Å². The minimum absolute atomic E-state index is 0.218. The van der Waals surface area contributed by atoms with Crippen LogP contribution in [0.4, 0.5) is 4.39 Å². The Hall–Kier alpha value is -3.26. The van der Waals surface area contributed by atoms with Crippen LogP contribution >= 0.6 is 0 Å². The maximum Gasteiger partial charge on any atom is 0.255 e. The van der Waals surface area contributed by atoms with Crippen molar-refractivity contribution in [3.8, 4) is 0 Å². The Morgan fingerprint density at radius 1 is 1.30 bits per heavy atom. The minimum Gasteiger partial charge on any atom is -0.351 e. The van der Waals surface area contributed by atoms with Gasteiger partial charge in [0, 0.05) is 32.8 Å². The van der Waals surface area contributed by atoms with Crippen LogP contribution in [-0.4, -0.2) is 31.6 Å². The number of aryl methyl sites for hydroxylation is 1. The molecule has 0 fully saturated rings. The van der Waals surface area contributed by atoms with E-state index < -0.39 is 0 Å². The van der Waals surface area contributed by atoms with E-state index in [0.717, 1.165) is 11.1 Å². The SMILES string of the molecule is Cn1c(CCNC(=O)c2cnn3ccc(CN)cc23)nc2c(F)cccc21. The molecule has 3 aromatic heterocycles. The zero-order valence-electron chi connectivity index (χ0n) is 14.8. The van der Waals surface area contributed by atoms with Gasteiger partial charge in [0.2, 0.25) is 0 Å². The number of hydrogen-bond acceptors (Lipinski definition) is 4. The molecule has 3 N–H and O–H groups in total. The molecule has 0 unspecified atom stereocenters. The van der Waals surface area contributed by atoms with Gasteiger partial charge in [0.1, 0.15) is 11.3 Å². The monoisotopic (exact) mass is 366 g/mol. The number of carbonyl (C=O) groups is 1. The Morgan fingerprint density at radius 3 is 2.93 bits per heavy atom. The summed E-state index contributed by atoms with van der Waals surface area (Å²) < 4.78 is 17.3. The largest absolute Gasteiger partial charge is 0.351 e. The summed E-state index contributed by atoms with van der Waals surface area (Å²) in [7, 11) is 1.84. The van der Waals surface area contributed by atoms with Crippen LogP contribution in [-0.2, 0) is 20.0 Å². The molecule has 138 valence electrons. The summed E-state index contributed by atoms with van der Waals surface area (Å²) in [5, 5.41) is 7.07. The van der Waals surface area contributed by atoms with Crippen LogP contribution in [0.5, 0.6) is 0 Å². The van der Waals surface area contributed by atoms with Crippen LogP contribution in [0, 0.1) is 5.82 Å². The van der Waals surface area contributed by atoms with E-state index in [4.69, 9.17) is 5.73 Å². The van der Waals surface area contributed by atoms with Crippen molar-refractivity contribution >= 4 is 22.5 Å². The number of pyridine rings is 1. The number of nitrogens with zero attached hydrogens (tertiary/aromatic N) is 4. The highest BCUT2D eigenvalue weighted by Gasteiger charge is 2.14.